The second-order valence-corrected chi connectivity index (χ2v) is 10.4. The minimum Gasteiger partial charge on any atom is -0.423 e. The SMILES string of the molecule is CCCCCCCCC1COC(c2ccc(C(=O)Oc3ccc(CCCCCCC)cc3)cc2F)OC1. The van der Waals surface area contributed by atoms with Gasteiger partial charge in [0.25, 0.3) is 0 Å². The number of ether oxygens (including phenoxy) is 3. The molecule has 0 aliphatic carbocycles. The molecule has 2 aromatic carbocycles. The number of esters is 1. The van der Waals surface area contributed by atoms with Gasteiger partial charge in [0.2, 0.25) is 0 Å². The smallest absolute Gasteiger partial charge is 0.343 e. The zero-order valence-electron chi connectivity index (χ0n) is 22.8. The summed E-state index contributed by atoms with van der Waals surface area (Å²) in [5.41, 5.74) is 1.71. The van der Waals surface area contributed by atoms with Crippen molar-refractivity contribution in [3.8, 4) is 5.75 Å². The fourth-order valence-electron chi connectivity index (χ4n) is 4.77. The molecule has 3 rings (SSSR count). The third kappa shape index (κ3) is 10.2. The summed E-state index contributed by atoms with van der Waals surface area (Å²) >= 11 is 0. The highest BCUT2D eigenvalue weighted by Gasteiger charge is 2.26. The Balaban J connectivity index is 1.42. The van der Waals surface area contributed by atoms with Gasteiger partial charge in [0.1, 0.15) is 11.6 Å². The normalized spacial score (nSPS) is 17.6. The standard InChI is InChI=1S/C32H45FO4/c1-3-5-7-9-11-13-15-26-23-35-32(36-24-26)29-21-18-27(22-30(29)33)31(34)37-28-19-16-25(17-20-28)14-12-10-8-6-4-2/h16-22,26,32H,3-15,23-24H2,1-2H3. The molecule has 0 spiro atoms. The number of hydrogen-bond donors (Lipinski definition) is 0. The highest BCUT2D eigenvalue weighted by Crippen LogP contribution is 2.29. The quantitative estimate of drug-likeness (QED) is 0.128. The van der Waals surface area contributed by atoms with Gasteiger partial charge >= 0.3 is 5.97 Å². The lowest BCUT2D eigenvalue weighted by atomic mass is 10.0. The van der Waals surface area contributed by atoms with Crippen LogP contribution in [0.4, 0.5) is 4.39 Å². The number of unbranched alkanes of at least 4 members (excludes halogenated alkanes) is 9. The number of carbonyl (C=O) groups is 1. The van der Waals surface area contributed by atoms with Crippen molar-refractivity contribution < 1.29 is 23.4 Å². The lowest BCUT2D eigenvalue weighted by Gasteiger charge is -2.30. The van der Waals surface area contributed by atoms with Crippen LogP contribution in [0.25, 0.3) is 0 Å². The second-order valence-electron chi connectivity index (χ2n) is 10.4. The predicted molar refractivity (Wildman–Crippen MR) is 146 cm³/mol. The third-order valence-electron chi connectivity index (χ3n) is 7.13. The van der Waals surface area contributed by atoms with E-state index in [1.165, 1.54) is 82.3 Å². The maximum absolute atomic E-state index is 14.9. The van der Waals surface area contributed by atoms with Crippen molar-refractivity contribution >= 4 is 5.97 Å². The Bertz CT molecular complexity index is 919. The van der Waals surface area contributed by atoms with Gasteiger partial charge in [0.05, 0.1) is 18.8 Å². The molecule has 2 aromatic rings. The molecule has 0 bridgehead atoms. The predicted octanol–water partition coefficient (Wildman–Crippen LogP) is 8.97. The Labute approximate surface area is 222 Å². The van der Waals surface area contributed by atoms with E-state index < -0.39 is 18.1 Å². The summed E-state index contributed by atoms with van der Waals surface area (Å²) in [4.78, 5) is 12.6. The molecule has 0 atom stereocenters. The van der Waals surface area contributed by atoms with E-state index in [4.69, 9.17) is 14.2 Å². The molecule has 1 aliphatic rings. The number of carbonyl (C=O) groups excluding carboxylic acids is 1. The summed E-state index contributed by atoms with van der Waals surface area (Å²) in [5.74, 6) is -0.291. The Morgan fingerprint density at radius 1 is 0.838 bits per heavy atom. The second kappa shape index (κ2) is 16.6. The van der Waals surface area contributed by atoms with Crippen molar-refractivity contribution in [2.45, 2.75) is 104 Å². The van der Waals surface area contributed by atoms with E-state index in [1.807, 2.05) is 12.1 Å². The fourth-order valence-corrected chi connectivity index (χ4v) is 4.77. The maximum atomic E-state index is 14.9. The number of benzene rings is 2. The molecule has 0 N–H and O–H groups in total. The highest BCUT2D eigenvalue weighted by molar-refractivity contribution is 5.91. The molecule has 0 saturated carbocycles. The summed E-state index contributed by atoms with van der Waals surface area (Å²) < 4.78 is 32.0. The van der Waals surface area contributed by atoms with Crippen LogP contribution in [0.1, 0.15) is 119 Å². The minimum absolute atomic E-state index is 0.165. The zero-order chi connectivity index (χ0) is 26.3. The molecule has 1 heterocycles. The Morgan fingerprint density at radius 3 is 2.11 bits per heavy atom. The van der Waals surface area contributed by atoms with Gasteiger partial charge in [-0.1, -0.05) is 96.3 Å². The molecule has 204 valence electrons. The van der Waals surface area contributed by atoms with Crippen LogP contribution in [-0.2, 0) is 15.9 Å². The zero-order valence-corrected chi connectivity index (χ0v) is 22.8. The first kappa shape index (κ1) is 29.3. The lowest BCUT2D eigenvalue weighted by Crippen LogP contribution is -2.27. The van der Waals surface area contributed by atoms with Crippen LogP contribution >= 0.6 is 0 Å². The number of hydrogen-bond acceptors (Lipinski definition) is 4. The molecular weight excluding hydrogens is 467 g/mol. The van der Waals surface area contributed by atoms with Gasteiger partial charge in [-0.2, -0.15) is 0 Å². The van der Waals surface area contributed by atoms with Gasteiger partial charge in [-0.3, -0.25) is 0 Å². The van der Waals surface area contributed by atoms with E-state index in [-0.39, 0.29) is 5.56 Å². The van der Waals surface area contributed by atoms with Crippen LogP contribution < -0.4 is 4.74 Å². The van der Waals surface area contributed by atoms with E-state index in [0.717, 1.165) is 12.8 Å². The molecule has 1 aliphatic heterocycles. The van der Waals surface area contributed by atoms with Crippen LogP contribution in [0.15, 0.2) is 42.5 Å². The molecule has 0 amide bonds. The van der Waals surface area contributed by atoms with Crippen LogP contribution in [-0.4, -0.2) is 19.2 Å². The summed E-state index contributed by atoms with van der Waals surface area (Å²) in [6.07, 6.45) is 15.2. The molecule has 5 heteroatoms. The Morgan fingerprint density at radius 2 is 1.46 bits per heavy atom. The molecular formula is C32H45FO4. The largest absolute Gasteiger partial charge is 0.423 e. The van der Waals surface area contributed by atoms with Crippen molar-refractivity contribution in [3.05, 3.63) is 65.0 Å². The van der Waals surface area contributed by atoms with Gasteiger partial charge in [-0.15, -0.1) is 0 Å². The average Bonchev–Trinajstić information content (AvgIpc) is 2.92. The fraction of sp³-hybridized carbons (Fsp3) is 0.594. The molecule has 37 heavy (non-hydrogen) atoms. The summed E-state index contributed by atoms with van der Waals surface area (Å²) in [5, 5.41) is 0. The van der Waals surface area contributed by atoms with Crippen LogP contribution in [0, 0.1) is 11.7 Å². The minimum atomic E-state index is -0.736. The monoisotopic (exact) mass is 512 g/mol. The van der Waals surface area contributed by atoms with Gasteiger partial charge < -0.3 is 14.2 Å². The van der Waals surface area contributed by atoms with Crippen LogP contribution in [0.2, 0.25) is 0 Å². The van der Waals surface area contributed by atoms with Gasteiger partial charge in [0.15, 0.2) is 6.29 Å². The molecule has 0 aromatic heterocycles. The van der Waals surface area contributed by atoms with Crippen molar-refractivity contribution in [1.82, 2.24) is 0 Å². The lowest BCUT2D eigenvalue weighted by molar-refractivity contribution is -0.207. The highest BCUT2D eigenvalue weighted by atomic mass is 19.1. The van der Waals surface area contributed by atoms with Gasteiger partial charge in [-0.25, -0.2) is 9.18 Å². The van der Waals surface area contributed by atoms with Crippen LogP contribution in [0.5, 0.6) is 5.75 Å². The van der Waals surface area contributed by atoms with Crippen LogP contribution in [0.3, 0.4) is 0 Å². The number of rotatable bonds is 16. The molecule has 0 radical (unpaired) electrons. The van der Waals surface area contributed by atoms with E-state index in [1.54, 1.807) is 24.3 Å². The molecule has 0 unspecified atom stereocenters. The van der Waals surface area contributed by atoms with Crippen molar-refractivity contribution in [2.24, 2.45) is 5.92 Å². The van der Waals surface area contributed by atoms with E-state index in [0.29, 0.717) is 30.4 Å². The molecule has 1 fully saturated rings. The number of aryl methyl sites for hydroxylation is 1. The molecule has 4 nitrogen and oxygen atoms in total. The molecule has 1 saturated heterocycles. The Kier molecular flexibility index (Phi) is 13.1. The van der Waals surface area contributed by atoms with E-state index in [9.17, 15) is 9.18 Å². The Hall–Kier alpha value is -2.24. The third-order valence-corrected chi connectivity index (χ3v) is 7.13. The average molecular weight is 513 g/mol. The number of halogens is 1. The van der Waals surface area contributed by atoms with Gasteiger partial charge in [-0.05, 0) is 49.1 Å². The van der Waals surface area contributed by atoms with E-state index in [2.05, 4.69) is 13.8 Å². The van der Waals surface area contributed by atoms with Gasteiger partial charge in [0, 0.05) is 11.5 Å². The summed E-state index contributed by atoms with van der Waals surface area (Å²) in [6.45, 7) is 5.58. The van der Waals surface area contributed by atoms with Crippen molar-refractivity contribution in [2.75, 3.05) is 13.2 Å². The maximum Gasteiger partial charge on any atom is 0.343 e. The topological polar surface area (TPSA) is 44.8 Å². The van der Waals surface area contributed by atoms with E-state index >= 15 is 0 Å². The summed E-state index contributed by atoms with van der Waals surface area (Å²) in [6, 6.07) is 11.9. The first-order valence-electron chi connectivity index (χ1n) is 14.4. The van der Waals surface area contributed by atoms with Crippen molar-refractivity contribution in [1.29, 1.82) is 0 Å². The first-order chi connectivity index (χ1) is 18.1. The first-order valence-corrected chi connectivity index (χ1v) is 14.4. The summed E-state index contributed by atoms with van der Waals surface area (Å²) in [7, 11) is 0. The van der Waals surface area contributed by atoms with Crippen molar-refractivity contribution in [3.63, 3.8) is 0 Å².